The molecule has 0 saturated carbocycles. The summed E-state index contributed by atoms with van der Waals surface area (Å²) in [6.07, 6.45) is 0. The Morgan fingerprint density at radius 2 is 1.59 bits per heavy atom. The van der Waals surface area contributed by atoms with Gasteiger partial charge in [-0.3, -0.25) is 0 Å². The molecular formula is C14H32N2O. The summed E-state index contributed by atoms with van der Waals surface area (Å²) in [5.74, 6) is 2.58. The first kappa shape index (κ1) is 16.9. The van der Waals surface area contributed by atoms with Crippen molar-refractivity contribution in [1.82, 2.24) is 5.32 Å². The predicted octanol–water partition coefficient (Wildman–Crippen LogP) is 2.11. The van der Waals surface area contributed by atoms with Gasteiger partial charge >= 0.3 is 0 Å². The summed E-state index contributed by atoms with van der Waals surface area (Å²) < 4.78 is 5.19. The van der Waals surface area contributed by atoms with Gasteiger partial charge in [-0.05, 0) is 30.2 Å². The Bertz CT molecular complexity index is 175. The third kappa shape index (κ3) is 6.39. The standard InChI is InChI=1S/C14H32N2O/c1-10(2)13(11(3)4)8-16-14(7-15)12(5)9-17-6/h10-14,16H,7-9,15H2,1-6H3. The molecule has 0 rings (SSSR count). The Morgan fingerprint density at radius 1 is 1.06 bits per heavy atom. The van der Waals surface area contributed by atoms with Gasteiger partial charge in [-0.2, -0.15) is 0 Å². The summed E-state index contributed by atoms with van der Waals surface area (Å²) in [4.78, 5) is 0. The molecule has 0 aromatic rings. The van der Waals surface area contributed by atoms with Crippen molar-refractivity contribution in [1.29, 1.82) is 0 Å². The van der Waals surface area contributed by atoms with Crippen molar-refractivity contribution >= 4 is 0 Å². The average molecular weight is 244 g/mol. The molecule has 0 bridgehead atoms. The molecule has 0 aliphatic heterocycles. The van der Waals surface area contributed by atoms with E-state index in [0.29, 0.717) is 36.3 Å². The quantitative estimate of drug-likeness (QED) is 0.653. The van der Waals surface area contributed by atoms with Crippen LogP contribution in [0.3, 0.4) is 0 Å². The van der Waals surface area contributed by atoms with Crippen LogP contribution < -0.4 is 11.1 Å². The van der Waals surface area contributed by atoms with Crippen LogP contribution in [0.1, 0.15) is 34.6 Å². The van der Waals surface area contributed by atoms with E-state index in [-0.39, 0.29) is 0 Å². The van der Waals surface area contributed by atoms with Crippen LogP contribution in [0.2, 0.25) is 0 Å². The van der Waals surface area contributed by atoms with Gasteiger partial charge in [-0.25, -0.2) is 0 Å². The molecule has 17 heavy (non-hydrogen) atoms. The first-order valence-corrected chi connectivity index (χ1v) is 6.86. The second kappa shape index (κ2) is 8.90. The molecule has 0 spiro atoms. The lowest BCUT2D eigenvalue weighted by Gasteiger charge is -2.30. The first-order valence-electron chi connectivity index (χ1n) is 6.86. The molecule has 0 saturated heterocycles. The zero-order chi connectivity index (χ0) is 13.4. The van der Waals surface area contributed by atoms with Gasteiger partial charge in [0.2, 0.25) is 0 Å². The molecule has 3 heteroatoms. The number of ether oxygens (including phenoxy) is 1. The second-order valence-corrected chi connectivity index (χ2v) is 5.83. The third-order valence-electron chi connectivity index (χ3n) is 3.70. The lowest BCUT2D eigenvalue weighted by Crippen LogP contribution is -2.45. The maximum absolute atomic E-state index is 5.82. The fourth-order valence-corrected chi connectivity index (χ4v) is 2.42. The Hall–Kier alpha value is -0.120. The van der Waals surface area contributed by atoms with Crippen molar-refractivity contribution in [2.45, 2.75) is 40.7 Å². The third-order valence-corrected chi connectivity index (χ3v) is 3.70. The molecule has 0 aliphatic rings. The van der Waals surface area contributed by atoms with E-state index in [4.69, 9.17) is 10.5 Å². The maximum Gasteiger partial charge on any atom is 0.0503 e. The molecule has 3 N–H and O–H groups in total. The van der Waals surface area contributed by atoms with Gasteiger partial charge in [-0.1, -0.05) is 34.6 Å². The van der Waals surface area contributed by atoms with Gasteiger partial charge < -0.3 is 15.8 Å². The zero-order valence-electron chi connectivity index (χ0n) is 12.5. The van der Waals surface area contributed by atoms with Crippen molar-refractivity contribution in [3.63, 3.8) is 0 Å². The Labute approximate surface area is 107 Å². The minimum Gasteiger partial charge on any atom is -0.384 e. The number of nitrogens with one attached hydrogen (secondary N) is 1. The van der Waals surface area contributed by atoms with Crippen molar-refractivity contribution in [2.24, 2.45) is 29.4 Å². The van der Waals surface area contributed by atoms with Crippen molar-refractivity contribution in [2.75, 3.05) is 26.8 Å². The first-order chi connectivity index (χ1) is 7.93. The lowest BCUT2D eigenvalue weighted by molar-refractivity contribution is 0.136. The topological polar surface area (TPSA) is 47.3 Å². The van der Waals surface area contributed by atoms with Crippen molar-refractivity contribution < 1.29 is 4.74 Å². The van der Waals surface area contributed by atoms with Gasteiger partial charge in [0.25, 0.3) is 0 Å². The minimum absolute atomic E-state index is 0.356. The molecule has 104 valence electrons. The van der Waals surface area contributed by atoms with Gasteiger partial charge in [0.15, 0.2) is 0 Å². The Balaban J connectivity index is 4.19. The average Bonchev–Trinajstić information content (AvgIpc) is 2.23. The highest BCUT2D eigenvalue weighted by molar-refractivity contribution is 4.77. The molecule has 0 radical (unpaired) electrons. The highest BCUT2D eigenvalue weighted by atomic mass is 16.5. The van der Waals surface area contributed by atoms with Gasteiger partial charge in [0.05, 0.1) is 6.61 Å². The van der Waals surface area contributed by atoms with E-state index in [1.165, 1.54) is 0 Å². The molecule has 3 nitrogen and oxygen atoms in total. The van der Waals surface area contributed by atoms with E-state index in [1.54, 1.807) is 7.11 Å². The van der Waals surface area contributed by atoms with E-state index >= 15 is 0 Å². The fourth-order valence-electron chi connectivity index (χ4n) is 2.42. The highest BCUT2D eigenvalue weighted by Gasteiger charge is 2.21. The SMILES string of the molecule is COCC(C)C(CN)NCC(C(C)C)C(C)C. The van der Waals surface area contributed by atoms with Crippen LogP contribution in [-0.4, -0.2) is 32.8 Å². The van der Waals surface area contributed by atoms with Crippen LogP contribution in [0, 0.1) is 23.7 Å². The van der Waals surface area contributed by atoms with Gasteiger partial charge in [-0.15, -0.1) is 0 Å². The molecule has 0 aromatic heterocycles. The number of hydrogen-bond acceptors (Lipinski definition) is 3. The summed E-state index contributed by atoms with van der Waals surface area (Å²) in [6.45, 7) is 13.9. The molecule has 0 fully saturated rings. The van der Waals surface area contributed by atoms with E-state index in [2.05, 4.69) is 39.9 Å². The Morgan fingerprint density at radius 3 is 1.94 bits per heavy atom. The van der Waals surface area contributed by atoms with Gasteiger partial charge in [0, 0.05) is 19.7 Å². The monoisotopic (exact) mass is 244 g/mol. The van der Waals surface area contributed by atoms with Crippen molar-refractivity contribution in [3.05, 3.63) is 0 Å². The van der Waals surface area contributed by atoms with Crippen LogP contribution in [0.5, 0.6) is 0 Å². The van der Waals surface area contributed by atoms with Crippen molar-refractivity contribution in [3.8, 4) is 0 Å². The van der Waals surface area contributed by atoms with E-state index in [9.17, 15) is 0 Å². The summed E-state index contributed by atoms with van der Waals surface area (Å²) in [5, 5.41) is 3.61. The van der Waals surface area contributed by atoms with Crippen LogP contribution in [0.25, 0.3) is 0 Å². The molecular weight excluding hydrogens is 212 g/mol. The summed E-state index contributed by atoms with van der Waals surface area (Å²) in [5.41, 5.74) is 5.82. The Kier molecular flexibility index (Phi) is 8.83. The summed E-state index contributed by atoms with van der Waals surface area (Å²) >= 11 is 0. The molecule has 2 atom stereocenters. The highest BCUT2D eigenvalue weighted by Crippen LogP contribution is 2.19. The smallest absolute Gasteiger partial charge is 0.0503 e. The normalized spacial score (nSPS) is 15.9. The van der Waals surface area contributed by atoms with Crippen LogP contribution in [0.15, 0.2) is 0 Å². The lowest BCUT2D eigenvalue weighted by atomic mass is 9.85. The minimum atomic E-state index is 0.356. The fraction of sp³-hybridized carbons (Fsp3) is 1.00. The van der Waals surface area contributed by atoms with Crippen LogP contribution in [0.4, 0.5) is 0 Å². The number of rotatable bonds is 9. The van der Waals surface area contributed by atoms with Crippen LogP contribution in [-0.2, 0) is 4.74 Å². The number of methoxy groups -OCH3 is 1. The molecule has 0 aromatic carbocycles. The molecule has 0 amide bonds. The van der Waals surface area contributed by atoms with E-state index < -0.39 is 0 Å². The second-order valence-electron chi connectivity index (χ2n) is 5.83. The van der Waals surface area contributed by atoms with E-state index in [0.717, 1.165) is 13.2 Å². The van der Waals surface area contributed by atoms with Gasteiger partial charge in [0.1, 0.15) is 0 Å². The van der Waals surface area contributed by atoms with E-state index in [1.807, 2.05) is 0 Å². The largest absolute Gasteiger partial charge is 0.384 e. The number of hydrogen-bond donors (Lipinski definition) is 2. The molecule has 0 heterocycles. The summed E-state index contributed by atoms with van der Waals surface area (Å²) in [7, 11) is 1.75. The maximum atomic E-state index is 5.82. The number of nitrogens with two attached hydrogens (primary N) is 1. The summed E-state index contributed by atoms with van der Waals surface area (Å²) in [6, 6.07) is 0.356. The molecule has 0 aliphatic carbocycles. The predicted molar refractivity (Wildman–Crippen MR) is 75.1 cm³/mol. The zero-order valence-corrected chi connectivity index (χ0v) is 12.5. The van der Waals surface area contributed by atoms with Crippen LogP contribution >= 0.6 is 0 Å². The molecule has 2 unspecified atom stereocenters.